The first-order valence-electron chi connectivity index (χ1n) is 9.36. The number of aryl methyl sites for hydroxylation is 1. The largest absolute Gasteiger partial charge is 0.442 e. The van der Waals surface area contributed by atoms with Crippen LogP contribution in [0.2, 0.25) is 0 Å². The third-order valence-corrected chi connectivity index (χ3v) is 7.62. The number of H-pyrrole nitrogens is 1. The number of carbonyl (C=O) groups excluding carboxylic acids is 1. The zero-order valence-electron chi connectivity index (χ0n) is 15.9. The summed E-state index contributed by atoms with van der Waals surface area (Å²) in [6.07, 6.45) is 0.975. The van der Waals surface area contributed by atoms with Gasteiger partial charge in [0.15, 0.2) is 5.76 Å². The Kier molecular flexibility index (Phi) is 5.57. The van der Waals surface area contributed by atoms with Crippen molar-refractivity contribution >= 4 is 27.3 Å². The monoisotopic (exact) mass is 434 g/mol. The van der Waals surface area contributed by atoms with Crippen molar-refractivity contribution in [3.05, 3.63) is 46.3 Å². The third-order valence-electron chi connectivity index (χ3n) is 4.98. The first-order chi connectivity index (χ1) is 13.9. The van der Waals surface area contributed by atoms with E-state index >= 15 is 0 Å². The molecule has 10 heteroatoms. The van der Waals surface area contributed by atoms with Gasteiger partial charge in [-0.1, -0.05) is 6.07 Å². The zero-order chi connectivity index (χ0) is 20.4. The lowest BCUT2D eigenvalue weighted by Gasteiger charge is -2.29. The molecule has 0 atom stereocenters. The predicted molar refractivity (Wildman–Crippen MR) is 109 cm³/mol. The minimum atomic E-state index is -3.74. The number of carbonyl (C=O) groups is 1. The average molecular weight is 435 g/mol. The molecule has 29 heavy (non-hydrogen) atoms. The Bertz CT molecular complexity index is 1080. The number of aromatic nitrogens is 2. The van der Waals surface area contributed by atoms with Crippen LogP contribution >= 0.6 is 11.3 Å². The molecule has 0 radical (unpaired) electrons. The second-order valence-corrected chi connectivity index (χ2v) is 9.93. The summed E-state index contributed by atoms with van der Waals surface area (Å²) in [6, 6.07) is 8.77. The first kappa shape index (κ1) is 19.9. The third kappa shape index (κ3) is 4.29. The van der Waals surface area contributed by atoms with E-state index in [-0.39, 0.29) is 30.0 Å². The molecule has 1 saturated heterocycles. The topological polar surface area (TPSA) is 108 Å². The van der Waals surface area contributed by atoms with Gasteiger partial charge in [-0.2, -0.15) is 9.40 Å². The fourth-order valence-electron chi connectivity index (χ4n) is 3.36. The Morgan fingerprint density at radius 1 is 1.34 bits per heavy atom. The van der Waals surface area contributed by atoms with Gasteiger partial charge < -0.3 is 9.73 Å². The molecule has 0 spiro atoms. The quantitative estimate of drug-likeness (QED) is 0.620. The Morgan fingerprint density at radius 3 is 2.79 bits per heavy atom. The molecule has 4 heterocycles. The van der Waals surface area contributed by atoms with Crippen molar-refractivity contribution in [2.75, 3.05) is 13.1 Å². The van der Waals surface area contributed by atoms with Gasteiger partial charge in [-0.05, 0) is 49.4 Å². The molecule has 3 aromatic heterocycles. The SMILES string of the molecule is Cc1cc(-c2ccc(S(=O)(=O)N3CCC(C(=O)NCc4cccs4)CC3)o2)n[nH]1. The number of nitrogens with one attached hydrogen (secondary N) is 2. The number of hydrogen-bond donors (Lipinski definition) is 2. The van der Waals surface area contributed by atoms with Crippen LogP contribution in [0.5, 0.6) is 0 Å². The lowest BCUT2D eigenvalue weighted by Crippen LogP contribution is -2.42. The van der Waals surface area contributed by atoms with Crippen molar-refractivity contribution in [1.29, 1.82) is 0 Å². The van der Waals surface area contributed by atoms with Crippen LogP contribution in [0.1, 0.15) is 23.4 Å². The Morgan fingerprint density at radius 2 is 2.14 bits per heavy atom. The number of nitrogens with zero attached hydrogens (tertiary/aromatic N) is 2. The van der Waals surface area contributed by atoms with Gasteiger partial charge in [-0.3, -0.25) is 9.89 Å². The van der Waals surface area contributed by atoms with Crippen molar-refractivity contribution < 1.29 is 17.6 Å². The molecule has 1 fully saturated rings. The van der Waals surface area contributed by atoms with Crippen molar-refractivity contribution in [3.8, 4) is 11.5 Å². The number of hydrogen-bond acceptors (Lipinski definition) is 6. The van der Waals surface area contributed by atoms with E-state index in [1.54, 1.807) is 23.5 Å². The molecule has 0 aliphatic carbocycles. The average Bonchev–Trinajstić information content (AvgIpc) is 3.47. The Balaban J connectivity index is 1.36. The number of furan rings is 1. The molecule has 1 aliphatic heterocycles. The lowest BCUT2D eigenvalue weighted by atomic mass is 9.97. The normalized spacial score (nSPS) is 16.2. The van der Waals surface area contributed by atoms with Crippen LogP contribution < -0.4 is 5.32 Å². The molecule has 1 aliphatic rings. The van der Waals surface area contributed by atoms with Gasteiger partial charge in [0.05, 0.1) is 6.54 Å². The molecule has 2 N–H and O–H groups in total. The molecular weight excluding hydrogens is 412 g/mol. The molecule has 0 aromatic carbocycles. The van der Waals surface area contributed by atoms with Gasteiger partial charge in [-0.15, -0.1) is 11.3 Å². The fourth-order valence-corrected chi connectivity index (χ4v) is 5.38. The molecule has 4 rings (SSSR count). The number of piperidine rings is 1. The molecule has 1 amide bonds. The molecular formula is C19H22N4O4S2. The number of aromatic amines is 1. The molecule has 0 saturated carbocycles. The van der Waals surface area contributed by atoms with E-state index in [0.717, 1.165) is 10.6 Å². The van der Waals surface area contributed by atoms with Gasteiger partial charge >= 0.3 is 0 Å². The van der Waals surface area contributed by atoms with E-state index in [1.165, 1.54) is 10.4 Å². The lowest BCUT2D eigenvalue weighted by molar-refractivity contribution is -0.126. The summed E-state index contributed by atoms with van der Waals surface area (Å²) in [6.45, 7) is 2.95. The van der Waals surface area contributed by atoms with E-state index < -0.39 is 10.0 Å². The van der Waals surface area contributed by atoms with Crippen LogP contribution in [-0.4, -0.2) is 41.9 Å². The fraction of sp³-hybridized carbons (Fsp3) is 0.368. The highest BCUT2D eigenvalue weighted by atomic mass is 32.2. The van der Waals surface area contributed by atoms with Crippen LogP contribution in [0.15, 0.2) is 45.2 Å². The second-order valence-electron chi connectivity index (χ2n) is 7.03. The minimum Gasteiger partial charge on any atom is -0.442 e. The highest BCUT2D eigenvalue weighted by Gasteiger charge is 2.34. The summed E-state index contributed by atoms with van der Waals surface area (Å²) < 4.78 is 32.7. The Labute approximate surface area is 173 Å². The van der Waals surface area contributed by atoms with Crippen molar-refractivity contribution in [3.63, 3.8) is 0 Å². The van der Waals surface area contributed by atoms with E-state index in [1.807, 2.05) is 24.4 Å². The van der Waals surface area contributed by atoms with Crippen LogP contribution in [0.3, 0.4) is 0 Å². The van der Waals surface area contributed by atoms with E-state index in [2.05, 4.69) is 15.5 Å². The van der Waals surface area contributed by atoms with Gasteiger partial charge in [0.1, 0.15) is 5.69 Å². The van der Waals surface area contributed by atoms with Crippen molar-refractivity contribution in [2.45, 2.75) is 31.4 Å². The molecule has 8 nitrogen and oxygen atoms in total. The van der Waals surface area contributed by atoms with Gasteiger partial charge in [0, 0.05) is 29.6 Å². The summed E-state index contributed by atoms with van der Waals surface area (Å²) in [5.74, 6) is 0.195. The van der Waals surface area contributed by atoms with E-state index in [9.17, 15) is 13.2 Å². The number of amides is 1. The van der Waals surface area contributed by atoms with Crippen molar-refractivity contribution in [2.24, 2.45) is 5.92 Å². The standard InChI is InChI=1S/C19H22N4O4S2/c1-13-11-16(22-21-13)17-4-5-18(27-17)29(25,26)23-8-6-14(7-9-23)19(24)20-12-15-3-2-10-28-15/h2-5,10-11,14H,6-9,12H2,1H3,(H,20,24)(H,21,22). The summed E-state index contributed by atoms with van der Waals surface area (Å²) in [5.41, 5.74) is 1.42. The zero-order valence-corrected chi connectivity index (χ0v) is 17.6. The van der Waals surface area contributed by atoms with Gasteiger partial charge in [-0.25, -0.2) is 8.42 Å². The maximum atomic E-state index is 12.9. The number of sulfonamides is 1. The second kappa shape index (κ2) is 8.13. The maximum absolute atomic E-state index is 12.9. The number of rotatable bonds is 6. The maximum Gasteiger partial charge on any atom is 0.276 e. The van der Waals surface area contributed by atoms with Crippen LogP contribution in [-0.2, 0) is 21.4 Å². The molecule has 0 bridgehead atoms. The predicted octanol–water partition coefficient (Wildman–Crippen LogP) is 2.76. The summed E-state index contributed by atoms with van der Waals surface area (Å²) in [4.78, 5) is 13.5. The molecule has 3 aromatic rings. The molecule has 0 unspecified atom stereocenters. The van der Waals surface area contributed by atoms with E-state index in [4.69, 9.17) is 4.42 Å². The van der Waals surface area contributed by atoms with Gasteiger partial charge in [0.25, 0.3) is 10.0 Å². The van der Waals surface area contributed by atoms with Crippen LogP contribution in [0.25, 0.3) is 11.5 Å². The van der Waals surface area contributed by atoms with Gasteiger partial charge in [0.2, 0.25) is 11.0 Å². The molecule has 154 valence electrons. The number of thiophene rings is 1. The smallest absolute Gasteiger partial charge is 0.276 e. The highest BCUT2D eigenvalue weighted by molar-refractivity contribution is 7.89. The first-order valence-corrected chi connectivity index (χ1v) is 11.7. The van der Waals surface area contributed by atoms with Crippen molar-refractivity contribution in [1.82, 2.24) is 19.8 Å². The Hall–Kier alpha value is -2.43. The van der Waals surface area contributed by atoms with E-state index in [0.29, 0.717) is 30.8 Å². The van der Waals surface area contributed by atoms with Crippen LogP contribution in [0, 0.1) is 12.8 Å². The summed E-state index contributed by atoms with van der Waals surface area (Å²) in [7, 11) is -3.74. The summed E-state index contributed by atoms with van der Waals surface area (Å²) in [5, 5.41) is 11.7. The minimum absolute atomic E-state index is 0.0235. The van der Waals surface area contributed by atoms with Crippen LogP contribution in [0.4, 0.5) is 0 Å². The summed E-state index contributed by atoms with van der Waals surface area (Å²) >= 11 is 1.60. The highest BCUT2D eigenvalue weighted by Crippen LogP contribution is 2.28.